The van der Waals surface area contributed by atoms with E-state index in [1.807, 2.05) is 23.1 Å². The Kier molecular flexibility index (Phi) is 2.92. The molecule has 0 unspecified atom stereocenters. The predicted molar refractivity (Wildman–Crippen MR) is 93.4 cm³/mol. The van der Waals surface area contributed by atoms with Crippen LogP contribution in [0.4, 0.5) is 0 Å². The molecular formula is C19H18N4O2. The molecule has 0 saturated heterocycles. The van der Waals surface area contributed by atoms with Gasteiger partial charge in [-0.15, -0.1) is 0 Å². The van der Waals surface area contributed by atoms with E-state index in [0.717, 1.165) is 37.1 Å². The molecule has 25 heavy (non-hydrogen) atoms. The molecule has 1 spiro atoms. The predicted octanol–water partition coefficient (Wildman–Crippen LogP) is 2.33. The average molecular weight is 334 g/mol. The molecule has 3 heterocycles. The van der Waals surface area contributed by atoms with Gasteiger partial charge in [0.1, 0.15) is 0 Å². The van der Waals surface area contributed by atoms with Crippen molar-refractivity contribution in [2.45, 2.75) is 31.2 Å². The van der Waals surface area contributed by atoms with E-state index in [1.165, 1.54) is 0 Å². The van der Waals surface area contributed by atoms with Crippen molar-refractivity contribution < 1.29 is 4.79 Å². The van der Waals surface area contributed by atoms with Crippen LogP contribution < -0.4 is 5.56 Å². The molecule has 2 aliphatic rings. The summed E-state index contributed by atoms with van der Waals surface area (Å²) >= 11 is 0. The first-order chi connectivity index (χ1) is 12.2. The van der Waals surface area contributed by atoms with Crippen LogP contribution in [0.2, 0.25) is 0 Å². The lowest BCUT2D eigenvalue weighted by Crippen LogP contribution is -2.57. The van der Waals surface area contributed by atoms with Gasteiger partial charge in [0.15, 0.2) is 0 Å². The Balaban J connectivity index is 1.64. The van der Waals surface area contributed by atoms with Crippen LogP contribution in [0.3, 0.4) is 0 Å². The number of amides is 1. The van der Waals surface area contributed by atoms with Gasteiger partial charge in [-0.2, -0.15) is 0 Å². The van der Waals surface area contributed by atoms with Gasteiger partial charge in [0.2, 0.25) is 0 Å². The third-order valence-electron chi connectivity index (χ3n) is 5.73. The highest BCUT2D eigenvalue weighted by molar-refractivity contribution is 6.06. The van der Waals surface area contributed by atoms with Gasteiger partial charge < -0.3 is 14.9 Å². The summed E-state index contributed by atoms with van der Waals surface area (Å²) in [6, 6.07) is 7.27. The molecule has 5 rings (SSSR count). The summed E-state index contributed by atoms with van der Waals surface area (Å²) in [5.74, 6) is -0.0270. The summed E-state index contributed by atoms with van der Waals surface area (Å²) in [5.41, 5.74) is 2.27. The Morgan fingerprint density at radius 3 is 2.72 bits per heavy atom. The minimum Gasteiger partial charge on any atom is -0.348 e. The number of nitrogens with one attached hydrogen (secondary N) is 2. The molecule has 2 aromatic heterocycles. The van der Waals surface area contributed by atoms with Crippen molar-refractivity contribution in [1.82, 2.24) is 19.9 Å². The van der Waals surface area contributed by atoms with Gasteiger partial charge in [0.25, 0.3) is 11.5 Å². The monoisotopic (exact) mass is 334 g/mol. The zero-order valence-corrected chi connectivity index (χ0v) is 13.7. The van der Waals surface area contributed by atoms with E-state index in [-0.39, 0.29) is 17.0 Å². The molecule has 1 fully saturated rings. The molecule has 0 atom stereocenters. The van der Waals surface area contributed by atoms with Crippen LogP contribution in [-0.4, -0.2) is 32.3 Å². The molecule has 1 saturated carbocycles. The summed E-state index contributed by atoms with van der Waals surface area (Å²) in [6.45, 7) is 0.668. The number of nitrogens with zero attached hydrogens (tertiary/aromatic N) is 2. The minimum absolute atomic E-state index is 0.0270. The van der Waals surface area contributed by atoms with Gasteiger partial charge in [-0.05, 0) is 25.3 Å². The van der Waals surface area contributed by atoms with Gasteiger partial charge in [-0.3, -0.25) is 9.59 Å². The van der Waals surface area contributed by atoms with Gasteiger partial charge in [-0.25, -0.2) is 4.98 Å². The quantitative estimate of drug-likeness (QED) is 0.716. The second-order valence-electron chi connectivity index (χ2n) is 6.90. The first-order valence-corrected chi connectivity index (χ1v) is 8.66. The number of carbonyl (C=O) groups excluding carboxylic acids is 1. The molecule has 1 aliphatic carbocycles. The van der Waals surface area contributed by atoms with Gasteiger partial charge in [-0.1, -0.05) is 18.2 Å². The number of aromatic amines is 2. The first-order valence-electron chi connectivity index (χ1n) is 8.66. The van der Waals surface area contributed by atoms with Gasteiger partial charge >= 0.3 is 0 Å². The van der Waals surface area contributed by atoms with E-state index >= 15 is 0 Å². The maximum atomic E-state index is 13.4. The van der Waals surface area contributed by atoms with E-state index in [4.69, 9.17) is 0 Å². The van der Waals surface area contributed by atoms with Crippen molar-refractivity contribution >= 4 is 16.7 Å². The van der Waals surface area contributed by atoms with Crippen LogP contribution in [0.15, 0.2) is 41.6 Å². The number of hydrogen-bond acceptors (Lipinski definition) is 3. The smallest absolute Gasteiger partial charge is 0.256 e. The highest BCUT2D eigenvalue weighted by Crippen LogP contribution is 2.49. The maximum Gasteiger partial charge on any atom is 0.256 e. The SMILES string of the molecule is O=C(c1c[nH]c(=O)c2ccccc12)N1CCc2[nH]cnc2C12CCC2. The Morgan fingerprint density at radius 2 is 1.96 bits per heavy atom. The lowest BCUT2D eigenvalue weighted by Gasteiger charge is -2.52. The van der Waals surface area contributed by atoms with E-state index in [0.29, 0.717) is 22.9 Å². The fourth-order valence-corrected chi connectivity index (χ4v) is 4.32. The Hall–Kier alpha value is -2.89. The van der Waals surface area contributed by atoms with E-state index in [2.05, 4.69) is 15.0 Å². The second-order valence-corrected chi connectivity index (χ2v) is 6.90. The van der Waals surface area contributed by atoms with Crippen molar-refractivity contribution in [3.8, 4) is 0 Å². The standard InChI is InChI=1S/C19H18N4O2/c24-17-13-5-2-1-4-12(13)14(10-20-17)18(25)23-9-6-15-16(22-11-21-15)19(23)7-3-8-19/h1-2,4-5,10-11H,3,6-9H2,(H,20,24)(H,21,22). The number of H-pyrrole nitrogens is 2. The molecule has 6 nitrogen and oxygen atoms in total. The van der Waals surface area contributed by atoms with Crippen LogP contribution >= 0.6 is 0 Å². The zero-order valence-electron chi connectivity index (χ0n) is 13.7. The third kappa shape index (κ3) is 1.88. The molecule has 1 aliphatic heterocycles. The highest BCUT2D eigenvalue weighted by atomic mass is 16.2. The van der Waals surface area contributed by atoms with Crippen molar-refractivity contribution in [3.63, 3.8) is 0 Å². The van der Waals surface area contributed by atoms with Crippen molar-refractivity contribution in [1.29, 1.82) is 0 Å². The van der Waals surface area contributed by atoms with Crippen molar-refractivity contribution in [3.05, 3.63) is 64.1 Å². The molecule has 2 N–H and O–H groups in total. The van der Waals surface area contributed by atoms with Crippen LogP contribution in [0, 0.1) is 0 Å². The first kappa shape index (κ1) is 14.5. The Bertz CT molecular complexity index is 1040. The summed E-state index contributed by atoms with van der Waals surface area (Å²) in [4.78, 5) is 37.9. The number of rotatable bonds is 1. The number of benzene rings is 1. The van der Waals surface area contributed by atoms with Crippen LogP contribution in [0.1, 0.15) is 41.0 Å². The number of pyridine rings is 1. The molecule has 6 heteroatoms. The van der Waals surface area contributed by atoms with E-state index in [1.54, 1.807) is 18.6 Å². The summed E-state index contributed by atoms with van der Waals surface area (Å²) in [6.07, 6.45) is 7.05. The summed E-state index contributed by atoms with van der Waals surface area (Å²) in [7, 11) is 0. The van der Waals surface area contributed by atoms with Gasteiger partial charge in [0.05, 0.1) is 23.1 Å². The fourth-order valence-electron chi connectivity index (χ4n) is 4.32. The Morgan fingerprint density at radius 1 is 1.16 bits per heavy atom. The number of carbonyl (C=O) groups is 1. The molecule has 0 bridgehead atoms. The molecular weight excluding hydrogens is 316 g/mol. The van der Waals surface area contributed by atoms with Crippen LogP contribution in [-0.2, 0) is 12.0 Å². The van der Waals surface area contributed by atoms with Crippen LogP contribution in [0.5, 0.6) is 0 Å². The van der Waals surface area contributed by atoms with E-state index in [9.17, 15) is 9.59 Å². The number of fused-ring (bicyclic) bond motifs is 3. The lowest BCUT2D eigenvalue weighted by molar-refractivity contribution is 0.00468. The second kappa shape index (κ2) is 5.05. The van der Waals surface area contributed by atoms with Crippen LogP contribution in [0.25, 0.3) is 10.8 Å². The van der Waals surface area contributed by atoms with Crippen molar-refractivity contribution in [2.75, 3.05) is 6.54 Å². The fraction of sp³-hybridized carbons (Fsp3) is 0.316. The largest absolute Gasteiger partial charge is 0.348 e. The maximum absolute atomic E-state index is 13.4. The average Bonchev–Trinajstić information content (AvgIpc) is 3.08. The lowest BCUT2D eigenvalue weighted by atomic mass is 9.70. The zero-order chi connectivity index (χ0) is 17.0. The number of aromatic nitrogens is 3. The normalized spacial score (nSPS) is 18.2. The topological polar surface area (TPSA) is 81.9 Å². The molecule has 1 aromatic carbocycles. The molecule has 1 amide bonds. The number of hydrogen-bond donors (Lipinski definition) is 2. The van der Waals surface area contributed by atoms with Crippen molar-refractivity contribution in [2.24, 2.45) is 0 Å². The Labute approximate surface area is 143 Å². The molecule has 126 valence electrons. The molecule has 3 aromatic rings. The minimum atomic E-state index is -0.290. The van der Waals surface area contributed by atoms with Gasteiger partial charge in [0, 0.05) is 35.6 Å². The highest BCUT2D eigenvalue weighted by Gasteiger charge is 2.51. The summed E-state index contributed by atoms with van der Waals surface area (Å²) < 4.78 is 0. The summed E-state index contributed by atoms with van der Waals surface area (Å²) in [5, 5.41) is 1.26. The molecule has 0 radical (unpaired) electrons. The third-order valence-corrected chi connectivity index (χ3v) is 5.73. The van der Waals surface area contributed by atoms with E-state index < -0.39 is 0 Å². The number of imidazole rings is 1.